The Morgan fingerprint density at radius 2 is 2.06 bits per heavy atom. The van der Waals surface area contributed by atoms with Crippen molar-refractivity contribution in [2.24, 2.45) is 0 Å². The second kappa shape index (κ2) is 4.85. The molecule has 0 atom stereocenters. The highest BCUT2D eigenvalue weighted by Gasteiger charge is 2.12. The Bertz CT molecular complexity index is 586. The third-order valence-corrected chi connectivity index (χ3v) is 2.44. The molecular weight excluding hydrogens is 261 g/mol. The summed E-state index contributed by atoms with van der Waals surface area (Å²) in [6, 6.07) is 3.36. The number of halogens is 2. The van der Waals surface area contributed by atoms with Crippen molar-refractivity contribution in [3.8, 4) is 0 Å². The zero-order chi connectivity index (χ0) is 12.4. The Balaban J connectivity index is 2.67. The van der Waals surface area contributed by atoms with Crippen LogP contribution in [0.5, 0.6) is 0 Å². The number of ether oxygens (including phenoxy) is 1. The smallest absolute Gasteiger partial charge is 0.223 e. The lowest BCUT2D eigenvalue weighted by Crippen LogP contribution is -1.99. The summed E-state index contributed by atoms with van der Waals surface area (Å²) in [4.78, 5) is 12.3. The highest BCUT2D eigenvalue weighted by Crippen LogP contribution is 2.23. The average molecular weight is 270 g/mol. The van der Waals surface area contributed by atoms with Gasteiger partial charge in [-0.05, 0) is 30.7 Å². The maximum atomic E-state index is 5.84. The number of hydrogen-bond acceptors (Lipinski definition) is 4. The third kappa shape index (κ3) is 2.48. The van der Waals surface area contributed by atoms with Gasteiger partial charge in [-0.3, -0.25) is 0 Å². The lowest BCUT2D eigenvalue weighted by Gasteiger charge is -2.08. The fraction of sp³-hybridized carbons (Fsp3) is 0.182. The predicted molar refractivity (Wildman–Crippen MR) is 68.0 cm³/mol. The van der Waals surface area contributed by atoms with Gasteiger partial charge in [-0.15, -0.1) is 0 Å². The Labute approximate surface area is 108 Å². The minimum Gasteiger partial charge on any atom is -0.492 e. The molecule has 0 amide bonds. The second-order valence-electron chi connectivity index (χ2n) is 3.20. The van der Waals surface area contributed by atoms with Crippen LogP contribution in [-0.2, 0) is 4.74 Å². The summed E-state index contributed by atoms with van der Waals surface area (Å²) in [5.41, 5.74) is 1.59. The molecule has 0 bridgehead atoms. The molecule has 2 rings (SSSR count). The van der Waals surface area contributed by atoms with Gasteiger partial charge in [-0.1, -0.05) is 18.2 Å². The van der Waals surface area contributed by atoms with Gasteiger partial charge in [-0.25, -0.2) is 15.0 Å². The molecule has 4 nitrogen and oxygen atoms in total. The molecule has 2 heterocycles. The summed E-state index contributed by atoms with van der Waals surface area (Å²) < 4.78 is 5.30. The summed E-state index contributed by atoms with van der Waals surface area (Å²) >= 11 is 11.7. The molecular formula is C11H9Cl2N3O. The van der Waals surface area contributed by atoms with Crippen molar-refractivity contribution in [3.05, 3.63) is 34.8 Å². The van der Waals surface area contributed by atoms with Gasteiger partial charge in [0.1, 0.15) is 22.1 Å². The number of rotatable bonds is 3. The largest absolute Gasteiger partial charge is 0.492 e. The lowest BCUT2D eigenvalue weighted by atomic mass is 10.2. The molecule has 17 heavy (non-hydrogen) atoms. The Morgan fingerprint density at radius 1 is 1.29 bits per heavy atom. The molecule has 0 saturated carbocycles. The summed E-state index contributed by atoms with van der Waals surface area (Å²) in [5.74, 6) is 0.400. The maximum Gasteiger partial charge on any atom is 0.223 e. The van der Waals surface area contributed by atoms with Crippen molar-refractivity contribution in [2.45, 2.75) is 6.92 Å². The molecule has 6 heteroatoms. The quantitative estimate of drug-likeness (QED) is 0.487. The van der Waals surface area contributed by atoms with Crippen molar-refractivity contribution >= 4 is 40.0 Å². The number of pyridine rings is 1. The first kappa shape index (κ1) is 12.1. The van der Waals surface area contributed by atoms with Gasteiger partial charge in [0.15, 0.2) is 0 Å². The van der Waals surface area contributed by atoms with E-state index in [2.05, 4.69) is 21.5 Å². The zero-order valence-electron chi connectivity index (χ0n) is 9.07. The number of aromatic nitrogens is 3. The summed E-state index contributed by atoms with van der Waals surface area (Å²) in [5, 5.41) is 0.478. The molecule has 0 aliphatic rings. The number of fused-ring (bicyclic) bond motifs is 1. The topological polar surface area (TPSA) is 47.9 Å². The predicted octanol–water partition coefficient (Wildman–Crippen LogP) is 3.34. The van der Waals surface area contributed by atoms with Gasteiger partial charge in [-0.2, -0.15) is 0 Å². The van der Waals surface area contributed by atoms with E-state index in [1.54, 1.807) is 12.1 Å². The van der Waals surface area contributed by atoms with E-state index < -0.39 is 0 Å². The van der Waals surface area contributed by atoms with E-state index in [1.165, 1.54) is 0 Å². The second-order valence-corrected chi connectivity index (χ2v) is 3.92. The monoisotopic (exact) mass is 269 g/mol. The third-order valence-electron chi connectivity index (χ3n) is 2.06. The van der Waals surface area contributed by atoms with E-state index in [9.17, 15) is 0 Å². The molecule has 2 aromatic heterocycles. The Hall–Kier alpha value is -1.39. The fourth-order valence-corrected chi connectivity index (χ4v) is 1.72. The molecule has 0 radical (unpaired) electrons. The summed E-state index contributed by atoms with van der Waals surface area (Å²) in [7, 11) is 0. The van der Waals surface area contributed by atoms with E-state index in [-0.39, 0.29) is 5.28 Å². The van der Waals surface area contributed by atoms with Crippen molar-refractivity contribution in [2.75, 3.05) is 6.61 Å². The molecule has 0 saturated heterocycles. The average Bonchev–Trinajstić information content (AvgIpc) is 2.29. The fourth-order valence-electron chi connectivity index (χ4n) is 1.40. The normalized spacial score (nSPS) is 10.5. The summed E-state index contributed by atoms with van der Waals surface area (Å²) in [6.07, 6.45) is 0. The number of nitrogens with zero attached hydrogens (tertiary/aromatic N) is 3. The van der Waals surface area contributed by atoms with Crippen molar-refractivity contribution < 1.29 is 4.74 Å². The molecule has 0 spiro atoms. The van der Waals surface area contributed by atoms with Crippen molar-refractivity contribution in [1.82, 2.24) is 15.0 Å². The van der Waals surface area contributed by atoms with Gasteiger partial charge in [0.05, 0.1) is 12.1 Å². The first-order chi connectivity index (χ1) is 8.11. The molecule has 0 N–H and O–H groups in total. The first-order valence-electron chi connectivity index (χ1n) is 4.93. The van der Waals surface area contributed by atoms with Crippen LogP contribution in [0.15, 0.2) is 18.7 Å². The molecule has 0 aromatic carbocycles. The van der Waals surface area contributed by atoms with Gasteiger partial charge >= 0.3 is 0 Å². The van der Waals surface area contributed by atoms with Crippen LogP contribution in [0.2, 0.25) is 10.4 Å². The van der Waals surface area contributed by atoms with Crippen LogP contribution in [0, 0.1) is 0 Å². The molecule has 2 aromatic rings. The molecule has 88 valence electrons. The van der Waals surface area contributed by atoms with Crippen LogP contribution in [0.25, 0.3) is 16.8 Å². The van der Waals surface area contributed by atoms with Gasteiger partial charge in [0.25, 0.3) is 0 Å². The first-order valence-corrected chi connectivity index (χ1v) is 5.69. The van der Waals surface area contributed by atoms with E-state index in [0.717, 1.165) is 0 Å². The molecule has 0 fully saturated rings. The Kier molecular flexibility index (Phi) is 3.45. The van der Waals surface area contributed by atoms with Gasteiger partial charge < -0.3 is 4.74 Å². The standard InChI is InChI=1S/C11H9Cl2N3O/c1-3-17-6(2)9-10-7(14-11(13)16-9)4-5-8(12)15-10/h4-5H,2-3H2,1H3. The van der Waals surface area contributed by atoms with Crippen LogP contribution >= 0.6 is 23.2 Å². The summed E-state index contributed by atoms with van der Waals surface area (Å²) in [6.45, 7) is 6.13. The minimum atomic E-state index is 0.123. The van der Waals surface area contributed by atoms with Gasteiger partial charge in [0.2, 0.25) is 5.28 Å². The van der Waals surface area contributed by atoms with E-state index in [4.69, 9.17) is 27.9 Å². The maximum absolute atomic E-state index is 5.84. The lowest BCUT2D eigenvalue weighted by molar-refractivity contribution is 0.298. The van der Waals surface area contributed by atoms with Gasteiger partial charge in [0, 0.05) is 0 Å². The van der Waals surface area contributed by atoms with Crippen LogP contribution in [0.4, 0.5) is 0 Å². The van der Waals surface area contributed by atoms with E-state index in [0.29, 0.717) is 34.2 Å². The minimum absolute atomic E-state index is 0.123. The highest BCUT2D eigenvalue weighted by atomic mass is 35.5. The zero-order valence-corrected chi connectivity index (χ0v) is 10.6. The van der Waals surface area contributed by atoms with Crippen LogP contribution in [0.1, 0.15) is 12.6 Å². The molecule has 0 unspecified atom stereocenters. The number of hydrogen-bond donors (Lipinski definition) is 0. The van der Waals surface area contributed by atoms with E-state index in [1.807, 2.05) is 6.92 Å². The molecule has 0 aliphatic carbocycles. The van der Waals surface area contributed by atoms with Crippen molar-refractivity contribution in [1.29, 1.82) is 0 Å². The van der Waals surface area contributed by atoms with E-state index >= 15 is 0 Å². The highest BCUT2D eigenvalue weighted by molar-refractivity contribution is 6.30. The molecule has 0 aliphatic heterocycles. The van der Waals surface area contributed by atoms with Crippen LogP contribution in [-0.4, -0.2) is 21.6 Å². The Morgan fingerprint density at radius 3 is 2.76 bits per heavy atom. The SMILES string of the molecule is C=C(OCC)c1nc(Cl)nc2ccc(Cl)nc12. The van der Waals surface area contributed by atoms with Crippen LogP contribution < -0.4 is 0 Å². The van der Waals surface area contributed by atoms with Crippen molar-refractivity contribution in [3.63, 3.8) is 0 Å². The van der Waals surface area contributed by atoms with Crippen LogP contribution in [0.3, 0.4) is 0 Å².